The molecule has 1 heterocycles. The van der Waals surface area contributed by atoms with Crippen LogP contribution in [0.5, 0.6) is 0 Å². The number of carbonyl (C=O) groups excluding carboxylic acids is 2. The summed E-state index contributed by atoms with van der Waals surface area (Å²) in [4.78, 5) is 26.8. The van der Waals surface area contributed by atoms with Crippen LogP contribution in [-0.2, 0) is 12.8 Å². The van der Waals surface area contributed by atoms with E-state index in [4.69, 9.17) is 0 Å². The van der Waals surface area contributed by atoms with Gasteiger partial charge in [0.25, 0.3) is 11.8 Å². The number of fused-ring (bicyclic) bond motifs is 2. The summed E-state index contributed by atoms with van der Waals surface area (Å²) < 4.78 is 0. The van der Waals surface area contributed by atoms with E-state index in [1.807, 2.05) is 42.5 Å². The molecule has 1 aromatic heterocycles. The van der Waals surface area contributed by atoms with Crippen LogP contribution in [0.25, 0.3) is 10.8 Å². The zero-order valence-corrected chi connectivity index (χ0v) is 16.1. The normalized spacial score (nSPS) is 13.7. The second kappa shape index (κ2) is 7.53. The average molecular weight is 378 g/mol. The Balaban J connectivity index is 1.73. The number of anilines is 1. The lowest BCUT2D eigenvalue weighted by Crippen LogP contribution is -2.21. The van der Waals surface area contributed by atoms with Crippen LogP contribution in [0.2, 0.25) is 0 Å². The van der Waals surface area contributed by atoms with Gasteiger partial charge in [0.1, 0.15) is 5.00 Å². The molecule has 0 fully saturated rings. The van der Waals surface area contributed by atoms with Gasteiger partial charge in [-0.3, -0.25) is 9.59 Å². The van der Waals surface area contributed by atoms with E-state index in [9.17, 15) is 9.59 Å². The van der Waals surface area contributed by atoms with Crippen molar-refractivity contribution < 1.29 is 9.59 Å². The molecule has 0 spiro atoms. The smallest absolute Gasteiger partial charge is 0.256 e. The van der Waals surface area contributed by atoms with Crippen molar-refractivity contribution in [1.29, 1.82) is 0 Å². The van der Waals surface area contributed by atoms with Crippen LogP contribution < -0.4 is 10.6 Å². The van der Waals surface area contributed by atoms with Crippen LogP contribution in [0.1, 0.15) is 50.4 Å². The van der Waals surface area contributed by atoms with Gasteiger partial charge in [0.2, 0.25) is 0 Å². The topological polar surface area (TPSA) is 58.2 Å². The molecule has 2 amide bonds. The highest BCUT2D eigenvalue weighted by Gasteiger charge is 2.25. The highest BCUT2D eigenvalue weighted by molar-refractivity contribution is 7.17. The maximum Gasteiger partial charge on any atom is 0.256 e. The first-order valence-electron chi connectivity index (χ1n) is 9.34. The summed E-state index contributed by atoms with van der Waals surface area (Å²) in [7, 11) is 1.64. The van der Waals surface area contributed by atoms with Gasteiger partial charge in [-0.2, -0.15) is 0 Å². The van der Waals surface area contributed by atoms with Gasteiger partial charge in [0.05, 0.1) is 5.56 Å². The number of hydrogen-bond acceptors (Lipinski definition) is 3. The Morgan fingerprint density at radius 2 is 1.70 bits per heavy atom. The number of aryl methyl sites for hydroxylation is 1. The van der Waals surface area contributed by atoms with E-state index in [0.717, 1.165) is 42.0 Å². The molecule has 27 heavy (non-hydrogen) atoms. The molecule has 0 radical (unpaired) electrons. The molecular formula is C22H22N2O2S. The summed E-state index contributed by atoms with van der Waals surface area (Å²) in [5, 5.41) is 8.37. The van der Waals surface area contributed by atoms with Gasteiger partial charge in [-0.25, -0.2) is 0 Å². The van der Waals surface area contributed by atoms with E-state index in [1.165, 1.54) is 11.3 Å². The Kier molecular flexibility index (Phi) is 4.94. The number of nitrogens with one attached hydrogen (secondary N) is 2. The van der Waals surface area contributed by atoms with E-state index in [0.29, 0.717) is 16.1 Å². The zero-order valence-electron chi connectivity index (χ0n) is 15.3. The number of thiophene rings is 1. The van der Waals surface area contributed by atoms with Crippen molar-refractivity contribution in [1.82, 2.24) is 5.32 Å². The molecule has 4 nitrogen and oxygen atoms in total. The first kappa shape index (κ1) is 17.7. The predicted octanol–water partition coefficient (Wildman–Crippen LogP) is 4.78. The summed E-state index contributed by atoms with van der Waals surface area (Å²) in [6.07, 6.45) is 5.29. The first-order valence-corrected chi connectivity index (χ1v) is 10.2. The van der Waals surface area contributed by atoms with Crippen molar-refractivity contribution >= 4 is 38.9 Å². The van der Waals surface area contributed by atoms with Gasteiger partial charge in [-0.1, -0.05) is 42.8 Å². The molecule has 138 valence electrons. The van der Waals surface area contributed by atoms with E-state index in [2.05, 4.69) is 10.6 Å². The molecule has 3 aromatic rings. The summed E-state index contributed by atoms with van der Waals surface area (Å²) in [5.74, 6) is -0.295. The Morgan fingerprint density at radius 3 is 2.56 bits per heavy atom. The first-order chi connectivity index (χ1) is 13.2. The van der Waals surface area contributed by atoms with E-state index >= 15 is 0 Å². The van der Waals surface area contributed by atoms with Gasteiger partial charge in [-0.05, 0) is 48.1 Å². The fourth-order valence-electron chi connectivity index (χ4n) is 3.79. The van der Waals surface area contributed by atoms with E-state index in [1.54, 1.807) is 18.4 Å². The maximum atomic E-state index is 13.0. The Bertz CT molecular complexity index is 1020. The lowest BCUT2D eigenvalue weighted by Gasteiger charge is -2.09. The molecule has 0 saturated heterocycles. The van der Waals surface area contributed by atoms with Crippen molar-refractivity contribution in [2.24, 2.45) is 0 Å². The third-order valence-electron chi connectivity index (χ3n) is 5.14. The van der Waals surface area contributed by atoms with E-state index in [-0.39, 0.29) is 11.8 Å². The second-order valence-corrected chi connectivity index (χ2v) is 7.93. The van der Waals surface area contributed by atoms with Crippen molar-refractivity contribution in [2.45, 2.75) is 32.1 Å². The average Bonchev–Trinajstić information content (AvgIpc) is 2.87. The molecular weight excluding hydrogens is 356 g/mol. The fourth-order valence-corrected chi connectivity index (χ4v) is 5.07. The minimum atomic E-state index is -0.173. The number of benzene rings is 2. The highest BCUT2D eigenvalue weighted by Crippen LogP contribution is 2.38. The third kappa shape index (κ3) is 3.35. The van der Waals surface area contributed by atoms with Crippen molar-refractivity contribution in [3.63, 3.8) is 0 Å². The monoisotopic (exact) mass is 378 g/mol. The van der Waals surface area contributed by atoms with Crippen LogP contribution in [0.15, 0.2) is 42.5 Å². The molecule has 1 aliphatic carbocycles. The minimum Gasteiger partial charge on any atom is -0.355 e. The molecule has 0 aliphatic heterocycles. The number of amides is 2. The Labute approximate surface area is 162 Å². The molecule has 2 aromatic carbocycles. The van der Waals surface area contributed by atoms with Crippen LogP contribution in [0, 0.1) is 0 Å². The summed E-state index contributed by atoms with van der Waals surface area (Å²) >= 11 is 1.55. The number of hydrogen-bond donors (Lipinski definition) is 2. The maximum absolute atomic E-state index is 13.0. The third-order valence-corrected chi connectivity index (χ3v) is 6.34. The molecule has 0 saturated carbocycles. The summed E-state index contributed by atoms with van der Waals surface area (Å²) in [5.41, 5.74) is 2.39. The van der Waals surface area contributed by atoms with Crippen LogP contribution in [-0.4, -0.2) is 18.9 Å². The largest absolute Gasteiger partial charge is 0.355 e. The lowest BCUT2D eigenvalue weighted by molar-refractivity contribution is 0.0963. The quantitative estimate of drug-likeness (QED) is 0.644. The molecule has 1 aliphatic rings. The molecule has 0 atom stereocenters. The highest BCUT2D eigenvalue weighted by atomic mass is 32.1. The number of carbonyl (C=O) groups is 2. The molecule has 0 unspecified atom stereocenters. The minimum absolute atomic E-state index is 0.123. The second-order valence-electron chi connectivity index (χ2n) is 6.83. The van der Waals surface area contributed by atoms with Crippen molar-refractivity contribution in [3.05, 3.63) is 64.0 Å². The molecule has 0 bridgehead atoms. The number of rotatable bonds is 3. The summed E-state index contributed by atoms with van der Waals surface area (Å²) in [6.45, 7) is 0. The molecule has 4 rings (SSSR count). The Morgan fingerprint density at radius 1 is 0.926 bits per heavy atom. The Hall–Kier alpha value is -2.66. The zero-order chi connectivity index (χ0) is 18.8. The van der Waals surface area contributed by atoms with Gasteiger partial charge in [-0.15, -0.1) is 11.3 Å². The molecule has 2 N–H and O–H groups in total. The van der Waals surface area contributed by atoms with Crippen molar-refractivity contribution in [3.8, 4) is 0 Å². The standard InChI is InChI=1S/C22H22N2O2S/c1-23-21(26)19-17-11-3-2-4-13-18(17)27-22(19)24-20(25)16-12-7-9-14-8-5-6-10-15(14)16/h5-10,12H,2-4,11,13H2,1H3,(H,23,26)(H,24,25). The molecule has 5 heteroatoms. The summed E-state index contributed by atoms with van der Waals surface area (Å²) in [6, 6.07) is 13.6. The predicted molar refractivity (Wildman–Crippen MR) is 111 cm³/mol. The van der Waals surface area contributed by atoms with Gasteiger partial charge in [0, 0.05) is 17.5 Å². The fraction of sp³-hybridized carbons (Fsp3) is 0.273. The van der Waals surface area contributed by atoms with Crippen molar-refractivity contribution in [2.75, 3.05) is 12.4 Å². The van der Waals surface area contributed by atoms with Crippen LogP contribution in [0.4, 0.5) is 5.00 Å². The van der Waals surface area contributed by atoms with Crippen LogP contribution >= 0.6 is 11.3 Å². The van der Waals surface area contributed by atoms with Crippen LogP contribution in [0.3, 0.4) is 0 Å². The van der Waals surface area contributed by atoms with E-state index < -0.39 is 0 Å². The van der Waals surface area contributed by atoms with Gasteiger partial charge >= 0.3 is 0 Å². The van der Waals surface area contributed by atoms with Gasteiger partial charge in [0.15, 0.2) is 0 Å². The SMILES string of the molecule is CNC(=O)c1c(NC(=O)c2cccc3ccccc23)sc2c1CCCCC2. The van der Waals surface area contributed by atoms with Gasteiger partial charge < -0.3 is 10.6 Å². The lowest BCUT2D eigenvalue weighted by atomic mass is 10.0.